The van der Waals surface area contributed by atoms with Gasteiger partial charge < -0.3 is 21.7 Å². The van der Waals surface area contributed by atoms with Crippen LogP contribution in [-0.2, 0) is 14.4 Å². The molecule has 1 unspecified atom stereocenters. The summed E-state index contributed by atoms with van der Waals surface area (Å²) in [6.45, 7) is 2.90. The number of likely N-dealkylation sites (tertiary alicyclic amines) is 1. The highest BCUT2D eigenvalue weighted by atomic mass is 16.2. The van der Waals surface area contributed by atoms with Gasteiger partial charge in [-0.25, -0.2) is 0 Å². The smallest absolute Gasteiger partial charge is 0.242 e. The molecule has 1 aliphatic heterocycles. The van der Waals surface area contributed by atoms with Gasteiger partial charge in [0.2, 0.25) is 17.7 Å². The number of carbonyl (C=O) groups excluding carboxylic acids is 3. The van der Waals surface area contributed by atoms with Gasteiger partial charge in [0.25, 0.3) is 0 Å². The first kappa shape index (κ1) is 17.4. The van der Waals surface area contributed by atoms with Gasteiger partial charge in [-0.1, -0.05) is 13.3 Å². The molecular weight excluding hydrogens is 272 g/mol. The lowest BCUT2D eigenvalue weighted by Crippen LogP contribution is -2.48. The van der Waals surface area contributed by atoms with Crippen LogP contribution in [0.1, 0.15) is 39.0 Å². The van der Waals surface area contributed by atoms with E-state index in [2.05, 4.69) is 5.32 Å². The van der Waals surface area contributed by atoms with Crippen molar-refractivity contribution in [2.45, 2.75) is 45.1 Å². The molecule has 3 amide bonds. The molecule has 0 spiro atoms. The van der Waals surface area contributed by atoms with Crippen LogP contribution in [0.5, 0.6) is 0 Å². The third-order valence-corrected chi connectivity index (χ3v) is 3.85. The maximum atomic E-state index is 12.0. The number of rotatable bonds is 8. The Balaban J connectivity index is 2.35. The summed E-state index contributed by atoms with van der Waals surface area (Å²) in [6, 6.07) is -0.531. The van der Waals surface area contributed by atoms with E-state index in [9.17, 15) is 14.4 Å². The maximum Gasteiger partial charge on any atom is 0.242 e. The van der Waals surface area contributed by atoms with Crippen LogP contribution in [0.4, 0.5) is 0 Å². The summed E-state index contributed by atoms with van der Waals surface area (Å²) in [4.78, 5) is 36.6. The first-order valence-corrected chi connectivity index (χ1v) is 7.54. The largest absolute Gasteiger partial charge is 0.368 e. The number of amides is 3. The van der Waals surface area contributed by atoms with Crippen LogP contribution < -0.4 is 16.8 Å². The van der Waals surface area contributed by atoms with Crippen molar-refractivity contribution < 1.29 is 14.4 Å². The second kappa shape index (κ2) is 8.61. The van der Waals surface area contributed by atoms with Crippen molar-refractivity contribution >= 4 is 17.7 Å². The molecule has 1 heterocycles. The van der Waals surface area contributed by atoms with Crippen LogP contribution in [0.2, 0.25) is 0 Å². The number of nitrogens with one attached hydrogen (secondary N) is 1. The monoisotopic (exact) mass is 298 g/mol. The molecule has 1 saturated heterocycles. The van der Waals surface area contributed by atoms with Gasteiger partial charge in [-0.05, 0) is 32.2 Å². The summed E-state index contributed by atoms with van der Waals surface area (Å²) in [5.74, 6) is -1.02. The Hall–Kier alpha value is -1.63. The maximum absolute atomic E-state index is 12.0. The Kier molecular flexibility index (Phi) is 7.14. The molecule has 2 atom stereocenters. The highest BCUT2D eigenvalue weighted by Crippen LogP contribution is 2.16. The van der Waals surface area contributed by atoms with E-state index in [1.807, 2.05) is 6.92 Å². The normalized spacial score (nSPS) is 19.3. The lowest BCUT2D eigenvalue weighted by atomic mass is 10.0. The van der Waals surface area contributed by atoms with Gasteiger partial charge in [0.05, 0.1) is 6.54 Å². The minimum atomic E-state index is -0.531. The van der Waals surface area contributed by atoms with Crippen LogP contribution in [0.3, 0.4) is 0 Å². The predicted octanol–water partition coefficient (Wildman–Crippen LogP) is -0.656. The SMILES string of the molecule is CC(CCCCN)C(=O)NCC(=O)N1CCC[C@H]1C(N)=O. The van der Waals surface area contributed by atoms with Crippen molar-refractivity contribution in [3.63, 3.8) is 0 Å². The van der Waals surface area contributed by atoms with E-state index >= 15 is 0 Å². The second-order valence-electron chi connectivity index (χ2n) is 5.55. The summed E-state index contributed by atoms with van der Waals surface area (Å²) < 4.78 is 0. The molecule has 0 radical (unpaired) electrons. The fourth-order valence-electron chi connectivity index (χ4n) is 2.53. The van der Waals surface area contributed by atoms with Crippen LogP contribution in [0.25, 0.3) is 0 Å². The quantitative estimate of drug-likeness (QED) is 0.516. The number of unbranched alkanes of at least 4 members (excludes halogenated alkanes) is 1. The molecule has 120 valence electrons. The van der Waals surface area contributed by atoms with Crippen molar-refractivity contribution in [2.75, 3.05) is 19.6 Å². The molecule has 1 rings (SSSR count). The van der Waals surface area contributed by atoms with Gasteiger partial charge in [-0.15, -0.1) is 0 Å². The molecule has 0 aromatic heterocycles. The topological polar surface area (TPSA) is 119 Å². The van der Waals surface area contributed by atoms with E-state index in [0.29, 0.717) is 19.5 Å². The molecule has 1 aliphatic rings. The Morgan fingerprint density at radius 3 is 2.67 bits per heavy atom. The van der Waals surface area contributed by atoms with Gasteiger partial charge >= 0.3 is 0 Å². The fourth-order valence-corrected chi connectivity index (χ4v) is 2.53. The Bertz CT molecular complexity index is 386. The van der Waals surface area contributed by atoms with Crippen molar-refractivity contribution in [2.24, 2.45) is 17.4 Å². The first-order chi connectivity index (χ1) is 9.97. The fraction of sp³-hybridized carbons (Fsp3) is 0.786. The number of nitrogens with two attached hydrogens (primary N) is 2. The molecule has 0 saturated carbocycles. The molecule has 0 aromatic rings. The minimum Gasteiger partial charge on any atom is -0.368 e. The highest BCUT2D eigenvalue weighted by Gasteiger charge is 2.32. The van der Waals surface area contributed by atoms with Crippen molar-refractivity contribution in [3.8, 4) is 0 Å². The van der Waals surface area contributed by atoms with Crippen LogP contribution >= 0.6 is 0 Å². The number of primary amides is 1. The van der Waals surface area contributed by atoms with Gasteiger partial charge in [0.15, 0.2) is 0 Å². The number of hydrogen-bond acceptors (Lipinski definition) is 4. The molecule has 0 aromatic carbocycles. The lowest BCUT2D eigenvalue weighted by Gasteiger charge is -2.22. The Labute approximate surface area is 125 Å². The van der Waals surface area contributed by atoms with Crippen LogP contribution in [-0.4, -0.2) is 48.3 Å². The van der Waals surface area contributed by atoms with Crippen LogP contribution in [0, 0.1) is 5.92 Å². The minimum absolute atomic E-state index is 0.0795. The summed E-state index contributed by atoms with van der Waals surface area (Å²) >= 11 is 0. The molecule has 0 bridgehead atoms. The van der Waals surface area contributed by atoms with Crippen molar-refractivity contribution in [3.05, 3.63) is 0 Å². The number of carbonyl (C=O) groups is 3. The van der Waals surface area contributed by atoms with Crippen molar-refractivity contribution in [1.29, 1.82) is 0 Å². The molecule has 0 aliphatic carbocycles. The van der Waals surface area contributed by atoms with E-state index < -0.39 is 11.9 Å². The standard InChI is InChI=1S/C14H26N4O3/c1-10(5-2-3-7-15)14(21)17-9-12(19)18-8-4-6-11(18)13(16)20/h10-11H,2-9,15H2,1H3,(H2,16,20)(H,17,21)/t10?,11-/m0/s1. The molecule has 5 N–H and O–H groups in total. The zero-order valence-electron chi connectivity index (χ0n) is 12.6. The molecular formula is C14H26N4O3. The van der Waals surface area contributed by atoms with Crippen LogP contribution in [0.15, 0.2) is 0 Å². The molecule has 1 fully saturated rings. The van der Waals surface area contributed by atoms with Gasteiger partial charge in [0.1, 0.15) is 6.04 Å². The molecule has 7 nitrogen and oxygen atoms in total. The average Bonchev–Trinajstić information content (AvgIpc) is 2.94. The number of hydrogen-bond donors (Lipinski definition) is 3. The zero-order chi connectivity index (χ0) is 15.8. The summed E-state index contributed by atoms with van der Waals surface area (Å²) in [5.41, 5.74) is 10.7. The Morgan fingerprint density at radius 1 is 1.33 bits per heavy atom. The third kappa shape index (κ3) is 5.34. The van der Waals surface area contributed by atoms with E-state index in [4.69, 9.17) is 11.5 Å². The van der Waals surface area contributed by atoms with Gasteiger partial charge in [0, 0.05) is 12.5 Å². The van der Waals surface area contributed by atoms with E-state index in [0.717, 1.165) is 25.7 Å². The van der Waals surface area contributed by atoms with E-state index in [1.54, 1.807) is 0 Å². The van der Waals surface area contributed by atoms with Gasteiger partial charge in [-0.2, -0.15) is 0 Å². The highest BCUT2D eigenvalue weighted by molar-refractivity contribution is 5.90. The van der Waals surface area contributed by atoms with E-state index in [1.165, 1.54) is 4.90 Å². The molecule has 21 heavy (non-hydrogen) atoms. The van der Waals surface area contributed by atoms with Crippen molar-refractivity contribution in [1.82, 2.24) is 10.2 Å². The first-order valence-electron chi connectivity index (χ1n) is 7.54. The summed E-state index contributed by atoms with van der Waals surface area (Å²) in [7, 11) is 0. The number of nitrogens with zero attached hydrogens (tertiary/aromatic N) is 1. The second-order valence-corrected chi connectivity index (χ2v) is 5.55. The molecule has 7 heteroatoms. The average molecular weight is 298 g/mol. The summed E-state index contributed by atoms with van der Waals surface area (Å²) in [5, 5.41) is 2.63. The Morgan fingerprint density at radius 2 is 2.05 bits per heavy atom. The lowest BCUT2D eigenvalue weighted by molar-refractivity contribution is -0.138. The van der Waals surface area contributed by atoms with Gasteiger partial charge in [-0.3, -0.25) is 14.4 Å². The predicted molar refractivity (Wildman–Crippen MR) is 79.0 cm³/mol. The summed E-state index contributed by atoms with van der Waals surface area (Å²) in [6.07, 6.45) is 3.91. The third-order valence-electron chi connectivity index (χ3n) is 3.85. The van der Waals surface area contributed by atoms with E-state index in [-0.39, 0.29) is 24.3 Å². The zero-order valence-corrected chi connectivity index (χ0v) is 12.6.